The molecule has 0 aromatic heterocycles. The van der Waals surface area contributed by atoms with Crippen LogP contribution >= 0.6 is 0 Å². The summed E-state index contributed by atoms with van der Waals surface area (Å²) in [6.07, 6.45) is 13.4. The van der Waals surface area contributed by atoms with Crippen molar-refractivity contribution in [3.8, 4) is 0 Å². The molecule has 0 amide bonds. The van der Waals surface area contributed by atoms with Crippen LogP contribution < -0.4 is 0 Å². The lowest BCUT2D eigenvalue weighted by atomic mass is 9.66. The normalized spacial score (nSPS) is 36.4. The van der Waals surface area contributed by atoms with Crippen LogP contribution in [-0.2, 0) is 0 Å². The van der Waals surface area contributed by atoms with Gasteiger partial charge in [0.05, 0.1) is 6.10 Å². The molecule has 16 heavy (non-hydrogen) atoms. The van der Waals surface area contributed by atoms with Crippen molar-refractivity contribution in [1.82, 2.24) is 0 Å². The summed E-state index contributed by atoms with van der Waals surface area (Å²) in [5.74, 6) is 2.52. The molecule has 2 rings (SSSR count). The van der Waals surface area contributed by atoms with Gasteiger partial charge < -0.3 is 5.11 Å². The lowest BCUT2D eigenvalue weighted by Gasteiger charge is -2.40. The Kier molecular flexibility index (Phi) is 4.45. The SMILES string of the molecule is C=CCCC(O)C1CCC2CCCCC2C1. The molecule has 0 aromatic carbocycles. The molecule has 1 nitrogen and oxygen atoms in total. The summed E-state index contributed by atoms with van der Waals surface area (Å²) in [5, 5.41) is 10.1. The van der Waals surface area contributed by atoms with E-state index in [1.165, 1.54) is 44.9 Å². The lowest BCUT2D eigenvalue weighted by Crippen LogP contribution is -2.33. The Morgan fingerprint density at radius 1 is 1.12 bits per heavy atom. The summed E-state index contributed by atoms with van der Waals surface area (Å²) in [6, 6.07) is 0. The number of aliphatic hydroxyl groups excluding tert-OH is 1. The van der Waals surface area contributed by atoms with Crippen molar-refractivity contribution < 1.29 is 5.11 Å². The zero-order chi connectivity index (χ0) is 11.4. The molecule has 2 fully saturated rings. The number of allylic oxidation sites excluding steroid dienone is 1. The highest BCUT2D eigenvalue weighted by Crippen LogP contribution is 2.43. The number of hydrogen-bond donors (Lipinski definition) is 1. The Hall–Kier alpha value is -0.300. The first kappa shape index (κ1) is 12.2. The highest BCUT2D eigenvalue weighted by atomic mass is 16.3. The molecule has 0 spiro atoms. The zero-order valence-electron chi connectivity index (χ0n) is 10.4. The molecule has 0 aliphatic heterocycles. The van der Waals surface area contributed by atoms with Crippen molar-refractivity contribution >= 4 is 0 Å². The van der Waals surface area contributed by atoms with Gasteiger partial charge in [0.1, 0.15) is 0 Å². The predicted molar refractivity (Wildman–Crippen MR) is 68.2 cm³/mol. The predicted octanol–water partition coefficient (Wildman–Crippen LogP) is 3.92. The summed E-state index contributed by atoms with van der Waals surface area (Å²) in [4.78, 5) is 0. The van der Waals surface area contributed by atoms with Gasteiger partial charge in [-0.15, -0.1) is 6.58 Å². The molecule has 0 radical (unpaired) electrons. The Morgan fingerprint density at radius 2 is 1.88 bits per heavy atom. The van der Waals surface area contributed by atoms with Crippen LogP contribution in [0, 0.1) is 17.8 Å². The minimum Gasteiger partial charge on any atom is -0.393 e. The van der Waals surface area contributed by atoms with Crippen molar-refractivity contribution in [1.29, 1.82) is 0 Å². The average Bonchev–Trinajstić information content (AvgIpc) is 2.35. The minimum absolute atomic E-state index is 0.0686. The van der Waals surface area contributed by atoms with Gasteiger partial charge >= 0.3 is 0 Å². The van der Waals surface area contributed by atoms with E-state index in [2.05, 4.69) is 6.58 Å². The third-order valence-corrected chi connectivity index (χ3v) is 4.79. The lowest BCUT2D eigenvalue weighted by molar-refractivity contribution is 0.0317. The third-order valence-electron chi connectivity index (χ3n) is 4.79. The van der Waals surface area contributed by atoms with Crippen LogP contribution in [0.25, 0.3) is 0 Å². The zero-order valence-corrected chi connectivity index (χ0v) is 10.4. The highest BCUT2D eigenvalue weighted by molar-refractivity contribution is 4.86. The fraction of sp³-hybridized carbons (Fsp3) is 0.867. The second kappa shape index (κ2) is 5.86. The van der Waals surface area contributed by atoms with Gasteiger partial charge in [-0.05, 0) is 49.9 Å². The maximum absolute atomic E-state index is 10.1. The van der Waals surface area contributed by atoms with Crippen LogP contribution in [0.5, 0.6) is 0 Å². The highest BCUT2D eigenvalue weighted by Gasteiger charge is 2.34. The molecular weight excluding hydrogens is 196 g/mol. The van der Waals surface area contributed by atoms with Gasteiger partial charge in [0.15, 0.2) is 0 Å². The Bertz CT molecular complexity index is 223. The van der Waals surface area contributed by atoms with Gasteiger partial charge in [-0.3, -0.25) is 0 Å². The number of rotatable bonds is 4. The average molecular weight is 222 g/mol. The molecule has 0 bridgehead atoms. The van der Waals surface area contributed by atoms with Crippen LogP contribution in [0.15, 0.2) is 12.7 Å². The van der Waals surface area contributed by atoms with Crippen molar-refractivity contribution in [2.45, 2.75) is 63.9 Å². The van der Waals surface area contributed by atoms with E-state index in [0.29, 0.717) is 5.92 Å². The summed E-state index contributed by atoms with van der Waals surface area (Å²) in [7, 11) is 0. The molecule has 2 aliphatic rings. The number of fused-ring (bicyclic) bond motifs is 1. The van der Waals surface area contributed by atoms with Crippen molar-refractivity contribution in [2.75, 3.05) is 0 Å². The minimum atomic E-state index is -0.0686. The Balaban J connectivity index is 1.82. The van der Waals surface area contributed by atoms with Crippen molar-refractivity contribution in [3.05, 3.63) is 12.7 Å². The van der Waals surface area contributed by atoms with Crippen LogP contribution in [-0.4, -0.2) is 11.2 Å². The maximum atomic E-state index is 10.1. The molecule has 2 saturated carbocycles. The van der Waals surface area contributed by atoms with E-state index in [1.54, 1.807) is 0 Å². The quantitative estimate of drug-likeness (QED) is 0.715. The van der Waals surface area contributed by atoms with E-state index in [0.717, 1.165) is 24.7 Å². The smallest absolute Gasteiger partial charge is 0.0571 e. The number of aliphatic hydroxyl groups is 1. The molecule has 1 N–H and O–H groups in total. The number of hydrogen-bond acceptors (Lipinski definition) is 1. The summed E-state index contributed by atoms with van der Waals surface area (Å²) in [6.45, 7) is 3.73. The van der Waals surface area contributed by atoms with Gasteiger partial charge in [0.2, 0.25) is 0 Å². The molecule has 0 aromatic rings. The van der Waals surface area contributed by atoms with E-state index >= 15 is 0 Å². The van der Waals surface area contributed by atoms with Crippen LogP contribution in [0.1, 0.15) is 57.8 Å². The van der Waals surface area contributed by atoms with E-state index in [4.69, 9.17) is 0 Å². The topological polar surface area (TPSA) is 20.2 Å². The molecule has 92 valence electrons. The molecule has 1 heteroatoms. The second-order valence-corrected chi connectivity index (χ2v) is 5.81. The van der Waals surface area contributed by atoms with Gasteiger partial charge in [-0.1, -0.05) is 31.8 Å². The van der Waals surface area contributed by atoms with Crippen molar-refractivity contribution in [2.24, 2.45) is 17.8 Å². The molecule has 0 saturated heterocycles. The summed E-state index contributed by atoms with van der Waals surface area (Å²) < 4.78 is 0. The van der Waals surface area contributed by atoms with Gasteiger partial charge in [-0.25, -0.2) is 0 Å². The fourth-order valence-electron chi connectivity index (χ4n) is 3.78. The van der Waals surface area contributed by atoms with Gasteiger partial charge in [-0.2, -0.15) is 0 Å². The van der Waals surface area contributed by atoms with E-state index < -0.39 is 0 Å². The Morgan fingerprint density at radius 3 is 2.62 bits per heavy atom. The monoisotopic (exact) mass is 222 g/mol. The van der Waals surface area contributed by atoms with Crippen LogP contribution in [0.3, 0.4) is 0 Å². The third kappa shape index (κ3) is 2.88. The van der Waals surface area contributed by atoms with E-state index in [-0.39, 0.29) is 6.10 Å². The molecule has 2 aliphatic carbocycles. The molecule has 4 unspecified atom stereocenters. The first-order chi connectivity index (χ1) is 7.81. The standard InChI is InChI=1S/C15H26O/c1-2-3-8-15(16)14-10-9-12-6-4-5-7-13(12)11-14/h2,12-16H,1,3-11H2. The van der Waals surface area contributed by atoms with Crippen LogP contribution in [0.2, 0.25) is 0 Å². The summed E-state index contributed by atoms with van der Waals surface area (Å²) >= 11 is 0. The Labute approximate surface area is 99.9 Å². The van der Waals surface area contributed by atoms with Gasteiger partial charge in [0.25, 0.3) is 0 Å². The first-order valence-electron chi connectivity index (χ1n) is 7.10. The van der Waals surface area contributed by atoms with E-state index in [1.807, 2.05) is 6.08 Å². The summed E-state index contributed by atoms with van der Waals surface area (Å²) in [5.41, 5.74) is 0. The first-order valence-corrected chi connectivity index (χ1v) is 7.10. The molecule has 0 heterocycles. The second-order valence-electron chi connectivity index (χ2n) is 5.81. The van der Waals surface area contributed by atoms with Crippen molar-refractivity contribution in [3.63, 3.8) is 0 Å². The van der Waals surface area contributed by atoms with E-state index in [9.17, 15) is 5.11 Å². The largest absolute Gasteiger partial charge is 0.393 e. The molecular formula is C15H26O. The molecule has 4 atom stereocenters. The maximum Gasteiger partial charge on any atom is 0.0571 e. The fourth-order valence-corrected chi connectivity index (χ4v) is 3.78. The van der Waals surface area contributed by atoms with Crippen LogP contribution in [0.4, 0.5) is 0 Å². The van der Waals surface area contributed by atoms with Gasteiger partial charge in [0, 0.05) is 0 Å².